The summed E-state index contributed by atoms with van der Waals surface area (Å²) in [6, 6.07) is 17.5. The molecule has 1 heterocycles. The maximum atomic E-state index is 12.3. The number of aryl methyl sites for hydroxylation is 1. The third-order valence-corrected chi connectivity index (χ3v) is 4.36. The molecular formula is C22H24N2O2. The standard InChI is InChI=1S/C22H24N2O2/c1-22(2,3)16-11-8-15(9-12-16)10-13-21(25)26-19-14-20(23)24-18-7-5-4-6-17(18)19/h4-9,11-12,14H,10,13H2,1-3H3,(H2,23,24). The lowest BCUT2D eigenvalue weighted by Crippen LogP contribution is -2.11. The summed E-state index contributed by atoms with van der Waals surface area (Å²) < 4.78 is 5.55. The van der Waals surface area contributed by atoms with Gasteiger partial charge in [0.2, 0.25) is 0 Å². The van der Waals surface area contributed by atoms with Crippen molar-refractivity contribution in [2.24, 2.45) is 0 Å². The molecule has 0 spiro atoms. The number of rotatable bonds is 4. The van der Waals surface area contributed by atoms with Gasteiger partial charge < -0.3 is 10.5 Å². The second kappa shape index (κ2) is 7.16. The fourth-order valence-corrected chi connectivity index (χ4v) is 2.84. The van der Waals surface area contributed by atoms with Gasteiger partial charge in [0.1, 0.15) is 11.6 Å². The molecule has 0 saturated carbocycles. The molecule has 4 heteroatoms. The van der Waals surface area contributed by atoms with E-state index >= 15 is 0 Å². The fourth-order valence-electron chi connectivity index (χ4n) is 2.84. The average molecular weight is 348 g/mol. The van der Waals surface area contributed by atoms with Crippen molar-refractivity contribution in [2.45, 2.75) is 39.0 Å². The second-order valence-corrected chi connectivity index (χ2v) is 7.48. The van der Waals surface area contributed by atoms with E-state index in [1.807, 2.05) is 24.3 Å². The van der Waals surface area contributed by atoms with Crippen molar-refractivity contribution in [2.75, 3.05) is 5.73 Å². The Kier molecular flexibility index (Phi) is 4.94. The number of ether oxygens (including phenoxy) is 1. The number of hydrogen-bond acceptors (Lipinski definition) is 4. The van der Waals surface area contributed by atoms with E-state index < -0.39 is 0 Å². The van der Waals surface area contributed by atoms with Gasteiger partial charge in [-0.25, -0.2) is 4.98 Å². The summed E-state index contributed by atoms with van der Waals surface area (Å²) >= 11 is 0. The SMILES string of the molecule is CC(C)(C)c1ccc(CCC(=O)Oc2cc(N)nc3ccccc23)cc1. The van der Waals surface area contributed by atoms with Crippen molar-refractivity contribution < 1.29 is 9.53 Å². The highest BCUT2D eigenvalue weighted by Crippen LogP contribution is 2.27. The van der Waals surface area contributed by atoms with Gasteiger partial charge in [0, 0.05) is 17.9 Å². The molecule has 26 heavy (non-hydrogen) atoms. The van der Waals surface area contributed by atoms with Crippen molar-refractivity contribution in [3.05, 3.63) is 65.7 Å². The van der Waals surface area contributed by atoms with Crippen LogP contribution in [-0.4, -0.2) is 11.0 Å². The summed E-state index contributed by atoms with van der Waals surface area (Å²) in [5.74, 6) is 0.520. The van der Waals surface area contributed by atoms with Crippen LogP contribution in [0.3, 0.4) is 0 Å². The number of para-hydroxylation sites is 1. The molecule has 2 N–H and O–H groups in total. The van der Waals surface area contributed by atoms with E-state index in [-0.39, 0.29) is 11.4 Å². The quantitative estimate of drug-likeness (QED) is 0.697. The molecule has 0 aliphatic rings. The van der Waals surface area contributed by atoms with Crippen LogP contribution in [-0.2, 0) is 16.6 Å². The third-order valence-electron chi connectivity index (χ3n) is 4.36. The Morgan fingerprint density at radius 3 is 2.46 bits per heavy atom. The summed E-state index contributed by atoms with van der Waals surface area (Å²) in [5, 5.41) is 0.782. The monoisotopic (exact) mass is 348 g/mol. The van der Waals surface area contributed by atoms with E-state index in [0.717, 1.165) is 10.9 Å². The largest absolute Gasteiger partial charge is 0.426 e. The van der Waals surface area contributed by atoms with Gasteiger partial charge in [-0.05, 0) is 35.1 Å². The van der Waals surface area contributed by atoms with Crippen molar-refractivity contribution >= 4 is 22.7 Å². The van der Waals surface area contributed by atoms with Crippen LogP contribution < -0.4 is 10.5 Å². The summed E-state index contributed by atoms with van der Waals surface area (Å²) in [7, 11) is 0. The molecule has 0 radical (unpaired) electrons. The maximum absolute atomic E-state index is 12.3. The van der Waals surface area contributed by atoms with Crippen LogP contribution in [0.5, 0.6) is 5.75 Å². The molecule has 0 amide bonds. The lowest BCUT2D eigenvalue weighted by atomic mass is 9.86. The van der Waals surface area contributed by atoms with Crippen molar-refractivity contribution in [1.82, 2.24) is 4.98 Å². The number of nitrogen functional groups attached to an aromatic ring is 1. The molecule has 4 nitrogen and oxygen atoms in total. The summed E-state index contributed by atoms with van der Waals surface area (Å²) in [4.78, 5) is 16.5. The molecule has 0 aliphatic heterocycles. The summed E-state index contributed by atoms with van der Waals surface area (Å²) in [5.41, 5.74) is 9.05. The molecule has 134 valence electrons. The zero-order chi connectivity index (χ0) is 18.7. The van der Waals surface area contributed by atoms with E-state index in [1.54, 1.807) is 6.07 Å². The molecule has 0 bridgehead atoms. The van der Waals surface area contributed by atoms with Gasteiger partial charge in [0.25, 0.3) is 0 Å². The van der Waals surface area contributed by atoms with Gasteiger partial charge in [-0.1, -0.05) is 57.2 Å². The Hall–Kier alpha value is -2.88. The number of esters is 1. The number of fused-ring (bicyclic) bond motifs is 1. The first-order valence-corrected chi connectivity index (χ1v) is 8.78. The van der Waals surface area contributed by atoms with E-state index in [4.69, 9.17) is 10.5 Å². The van der Waals surface area contributed by atoms with Crippen LogP contribution in [0.25, 0.3) is 10.9 Å². The number of pyridine rings is 1. The highest BCUT2D eigenvalue weighted by molar-refractivity contribution is 5.89. The lowest BCUT2D eigenvalue weighted by molar-refractivity contribution is -0.134. The van der Waals surface area contributed by atoms with Crippen molar-refractivity contribution in [3.8, 4) is 5.75 Å². The molecule has 1 aromatic heterocycles. The first-order valence-electron chi connectivity index (χ1n) is 8.78. The zero-order valence-corrected chi connectivity index (χ0v) is 15.5. The Morgan fingerprint density at radius 2 is 1.77 bits per heavy atom. The zero-order valence-electron chi connectivity index (χ0n) is 15.5. The first-order chi connectivity index (χ1) is 12.3. The van der Waals surface area contributed by atoms with Crippen LogP contribution >= 0.6 is 0 Å². The number of anilines is 1. The van der Waals surface area contributed by atoms with Crippen LogP contribution in [0, 0.1) is 0 Å². The molecule has 0 saturated heterocycles. The number of aromatic nitrogens is 1. The van der Waals surface area contributed by atoms with Gasteiger partial charge in [0.15, 0.2) is 0 Å². The first kappa shape index (κ1) is 17.9. The molecule has 0 unspecified atom stereocenters. The Balaban J connectivity index is 1.67. The summed E-state index contributed by atoms with van der Waals surface area (Å²) in [6.45, 7) is 6.55. The Morgan fingerprint density at radius 1 is 1.08 bits per heavy atom. The maximum Gasteiger partial charge on any atom is 0.311 e. The highest BCUT2D eigenvalue weighted by atomic mass is 16.5. The minimum Gasteiger partial charge on any atom is -0.426 e. The second-order valence-electron chi connectivity index (χ2n) is 7.48. The topological polar surface area (TPSA) is 65.2 Å². The predicted molar refractivity (Wildman–Crippen MR) is 105 cm³/mol. The molecule has 0 atom stereocenters. The lowest BCUT2D eigenvalue weighted by Gasteiger charge is -2.19. The number of nitrogens with zero attached hydrogens (tertiary/aromatic N) is 1. The molecule has 2 aromatic carbocycles. The van der Waals surface area contributed by atoms with Crippen LogP contribution in [0.4, 0.5) is 5.82 Å². The van der Waals surface area contributed by atoms with Gasteiger partial charge in [-0.2, -0.15) is 0 Å². The van der Waals surface area contributed by atoms with E-state index in [1.165, 1.54) is 5.56 Å². The normalized spacial score (nSPS) is 11.5. The molecular weight excluding hydrogens is 324 g/mol. The van der Waals surface area contributed by atoms with Crippen molar-refractivity contribution in [1.29, 1.82) is 0 Å². The van der Waals surface area contributed by atoms with E-state index in [0.29, 0.717) is 29.9 Å². The fraction of sp³-hybridized carbons (Fsp3) is 0.273. The van der Waals surface area contributed by atoms with E-state index in [9.17, 15) is 4.79 Å². The molecule has 0 aliphatic carbocycles. The van der Waals surface area contributed by atoms with Crippen LogP contribution in [0.2, 0.25) is 0 Å². The van der Waals surface area contributed by atoms with E-state index in [2.05, 4.69) is 50.0 Å². The molecule has 3 rings (SSSR count). The number of benzene rings is 2. The average Bonchev–Trinajstić information content (AvgIpc) is 2.59. The third kappa shape index (κ3) is 4.20. The number of carbonyl (C=O) groups excluding carboxylic acids is 1. The van der Waals surface area contributed by atoms with Gasteiger partial charge in [-0.15, -0.1) is 0 Å². The molecule has 3 aromatic rings. The minimum absolute atomic E-state index is 0.125. The predicted octanol–water partition coefficient (Wildman–Crippen LogP) is 4.65. The smallest absolute Gasteiger partial charge is 0.311 e. The summed E-state index contributed by atoms with van der Waals surface area (Å²) in [6.07, 6.45) is 0.952. The molecule has 0 fully saturated rings. The van der Waals surface area contributed by atoms with Gasteiger partial charge in [-0.3, -0.25) is 4.79 Å². The number of hydrogen-bond donors (Lipinski definition) is 1. The number of carbonyl (C=O) groups is 1. The van der Waals surface area contributed by atoms with Crippen molar-refractivity contribution in [3.63, 3.8) is 0 Å². The van der Waals surface area contributed by atoms with Crippen LogP contribution in [0.1, 0.15) is 38.3 Å². The minimum atomic E-state index is -0.277. The van der Waals surface area contributed by atoms with Crippen LogP contribution in [0.15, 0.2) is 54.6 Å². The van der Waals surface area contributed by atoms with Gasteiger partial charge >= 0.3 is 5.97 Å². The Labute approximate surface area is 154 Å². The highest BCUT2D eigenvalue weighted by Gasteiger charge is 2.14. The number of nitrogens with two attached hydrogens (primary N) is 1. The van der Waals surface area contributed by atoms with Gasteiger partial charge in [0.05, 0.1) is 5.52 Å². The Bertz CT molecular complexity index is 925.